The lowest BCUT2D eigenvalue weighted by atomic mass is 10.0. The van der Waals surface area contributed by atoms with Crippen LogP contribution in [0.15, 0.2) is 42.5 Å². The van der Waals surface area contributed by atoms with Crippen LogP contribution in [-0.4, -0.2) is 33.5 Å². The van der Waals surface area contributed by atoms with E-state index in [4.69, 9.17) is 28.9 Å². The molecule has 1 heterocycles. The molecule has 162 valence electrons. The van der Waals surface area contributed by atoms with Crippen molar-refractivity contribution in [3.63, 3.8) is 0 Å². The zero-order chi connectivity index (χ0) is 22.9. The highest BCUT2D eigenvalue weighted by molar-refractivity contribution is 6.42. The lowest BCUT2D eigenvalue weighted by Gasteiger charge is -2.26. The molecule has 0 bridgehead atoms. The molecule has 1 atom stereocenters. The second kappa shape index (κ2) is 9.08. The molecule has 6 nitrogen and oxygen atoms in total. The fourth-order valence-electron chi connectivity index (χ4n) is 3.47. The van der Waals surface area contributed by atoms with Crippen LogP contribution in [0.1, 0.15) is 28.6 Å². The second-order valence-electron chi connectivity index (χ2n) is 7.20. The predicted molar refractivity (Wildman–Crippen MR) is 118 cm³/mol. The molecular formula is C22H21Cl2FN4O2. The van der Waals surface area contributed by atoms with Gasteiger partial charge in [-0.3, -0.25) is 9.59 Å². The number of aromatic nitrogens is 2. The Bertz CT molecular complexity index is 1160. The van der Waals surface area contributed by atoms with Crippen molar-refractivity contribution in [1.29, 1.82) is 0 Å². The first-order valence-electron chi connectivity index (χ1n) is 9.41. The molecule has 31 heavy (non-hydrogen) atoms. The highest BCUT2D eigenvalue weighted by Crippen LogP contribution is 2.27. The zero-order valence-electron chi connectivity index (χ0n) is 17.2. The van der Waals surface area contributed by atoms with Crippen molar-refractivity contribution in [3.05, 3.63) is 80.8 Å². The zero-order valence-corrected chi connectivity index (χ0v) is 18.7. The van der Waals surface area contributed by atoms with Crippen LogP contribution in [0.2, 0.25) is 10.0 Å². The predicted octanol–water partition coefficient (Wildman–Crippen LogP) is 4.16. The van der Waals surface area contributed by atoms with E-state index in [9.17, 15) is 14.0 Å². The van der Waals surface area contributed by atoms with Crippen molar-refractivity contribution in [2.75, 3.05) is 7.05 Å². The fraction of sp³-hybridized carbons (Fsp3) is 0.227. The first-order chi connectivity index (χ1) is 14.6. The Morgan fingerprint density at radius 1 is 1.16 bits per heavy atom. The van der Waals surface area contributed by atoms with Crippen LogP contribution in [0, 0.1) is 19.7 Å². The summed E-state index contributed by atoms with van der Waals surface area (Å²) in [6.07, 6.45) is -0.00537. The molecule has 9 heteroatoms. The molecule has 0 aliphatic carbocycles. The maximum atomic E-state index is 13.6. The lowest BCUT2D eigenvalue weighted by Crippen LogP contribution is -2.40. The number of amides is 2. The van der Waals surface area contributed by atoms with E-state index in [0.29, 0.717) is 32.6 Å². The average Bonchev–Trinajstić information content (AvgIpc) is 2.98. The van der Waals surface area contributed by atoms with Crippen LogP contribution < -0.4 is 5.73 Å². The van der Waals surface area contributed by atoms with Gasteiger partial charge in [-0.15, -0.1) is 0 Å². The minimum atomic E-state index is -1.09. The molecule has 0 aliphatic rings. The van der Waals surface area contributed by atoms with Gasteiger partial charge in [0.25, 0.3) is 0 Å². The summed E-state index contributed by atoms with van der Waals surface area (Å²) in [5.41, 5.74) is 8.66. The van der Waals surface area contributed by atoms with E-state index in [1.807, 2.05) is 6.92 Å². The summed E-state index contributed by atoms with van der Waals surface area (Å²) >= 11 is 12.1. The number of nitrogens with zero attached hydrogens (tertiary/aromatic N) is 3. The Morgan fingerprint density at radius 2 is 1.87 bits per heavy atom. The van der Waals surface area contributed by atoms with Crippen molar-refractivity contribution in [1.82, 2.24) is 14.7 Å². The van der Waals surface area contributed by atoms with Crippen molar-refractivity contribution in [2.24, 2.45) is 5.73 Å². The van der Waals surface area contributed by atoms with Crippen LogP contribution in [0.3, 0.4) is 0 Å². The highest BCUT2D eigenvalue weighted by Gasteiger charge is 2.28. The average molecular weight is 463 g/mol. The first-order valence-corrected chi connectivity index (χ1v) is 10.2. The molecule has 2 aromatic carbocycles. The molecule has 1 aromatic heterocycles. The lowest BCUT2D eigenvalue weighted by molar-refractivity contribution is -0.137. The minimum Gasteiger partial charge on any atom is -0.368 e. The van der Waals surface area contributed by atoms with E-state index in [0.717, 1.165) is 5.69 Å². The van der Waals surface area contributed by atoms with Gasteiger partial charge in [-0.2, -0.15) is 5.10 Å². The number of halogens is 3. The molecule has 3 rings (SSSR count). The molecule has 0 saturated carbocycles. The molecule has 0 saturated heterocycles. The SMILES string of the molecule is Cc1nn(-c2ccc(Cl)c(Cl)c2)c(C)c1CC(=O)N(C)C(C(N)=O)c1cccc(F)c1. The minimum absolute atomic E-state index is 0.00537. The second-order valence-corrected chi connectivity index (χ2v) is 8.02. The van der Waals surface area contributed by atoms with E-state index >= 15 is 0 Å². The van der Waals surface area contributed by atoms with Crippen LogP contribution >= 0.6 is 23.2 Å². The standard InChI is InChI=1S/C22H21Cl2FN4O2/c1-12-17(13(2)29(27-12)16-7-8-18(23)19(24)10-16)11-20(30)28(3)21(22(26)31)14-5-4-6-15(25)9-14/h4-10,21H,11H2,1-3H3,(H2,26,31). The molecule has 0 radical (unpaired) electrons. The van der Waals surface area contributed by atoms with E-state index in [-0.39, 0.29) is 12.3 Å². The van der Waals surface area contributed by atoms with Gasteiger partial charge in [0.15, 0.2) is 0 Å². The quantitative estimate of drug-likeness (QED) is 0.596. The molecular weight excluding hydrogens is 442 g/mol. The van der Waals surface area contributed by atoms with Crippen LogP contribution in [0.4, 0.5) is 4.39 Å². The molecule has 0 aliphatic heterocycles. The summed E-state index contributed by atoms with van der Waals surface area (Å²) in [5, 5.41) is 5.34. The Morgan fingerprint density at radius 3 is 2.48 bits per heavy atom. The number of primary amides is 1. The van der Waals surface area contributed by atoms with Crippen LogP contribution in [0.25, 0.3) is 5.69 Å². The third-order valence-electron chi connectivity index (χ3n) is 5.13. The van der Waals surface area contributed by atoms with E-state index in [1.54, 1.807) is 35.9 Å². The summed E-state index contributed by atoms with van der Waals surface area (Å²) in [6.45, 7) is 3.63. The normalized spacial score (nSPS) is 11.9. The van der Waals surface area contributed by atoms with Crippen molar-refractivity contribution >= 4 is 35.0 Å². The maximum absolute atomic E-state index is 13.6. The number of likely N-dealkylation sites (N-methyl/N-ethyl adjacent to an activating group) is 1. The van der Waals surface area contributed by atoms with Gasteiger partial charge in [-0.05, 0) is 49.7 Å². The third-order valence-corrected chi connectivity index (χ3v) is 5.87. The molecule has 2 N–H and O–H groups in total. The van der Waals surface area contributed by atoms with Gasteiger partial charge in [-0.1, -0.05) is 35.3 Å². The summed E-state index contributed by atoms with van der Waals surface area (Å²) in [5.74, 6) is -1.62. The smallest absolute Gasteiger partial charge is 0.244 e. The van der Waals surface area contributed by atoms with E-state index in [1.165, 1.54) is 30.1 Å². The highest BCUT2D eigenvalue weighted by atomic mass is 35.5. The Labute approximate surface area is 189 Å². The van der Waals surface area contributed by atoms with Gasteiger partial charge in [-0.25, -0.2) is 9.07 Å². The number of rotatable bonds is 6. The van der Waals surface area contributed by atoms with Crippen molar-refractivity contribution in [2.45, 2.75) is 26.3 Å². The first kappa shape index (κ1) is 22.8. The number of benzene rings is 2. The Kier molecular flexibility index (Phi) is 6.67. The largest absolute Gasteiger partial charge is 0.368 e. The van der Waals surface area contributed by atoms with Gasteiger partial charge >= 0.3 is 0 Å². The fourth-order valence-corrected chi connectivity index (χ4v) is 3.77. The van der Waals surface area contributed by atoms with Gasteiger partial charge in [0.1, 0.15) is 11.9 Å². The Balaban J connectivity index is 1.89. The summed E-state index contributed by atoms with van der Waals surface area (Å²) in [4.78, 5) is 26.3. The number of carbonyl (C=O) groups is 2. The Hall–Kier alpha value is -2.90. The van der Waals surface area contributed by atoms with E-state index < -0.39 is 17.8 Å². The van der Waals surface area contributed by atoms with Crippen molar-refractivity contribution < 1.29 is 14.0 Å². The van der Waals surface area contributed by atoms with Crippen LogP contribution in [0.5, 0.6) is 0 Å². The molecule has 0 fully saturated rings. The molecule has 2 amide bonds. The third kappa shape index (κ3) is 4.73. The van der Waals surface area contributed by atoms with Gasteiger partial charge in [0, 0.05) is 18.3 Å². The number of hydrogen-bond donors (Lipinski definition) is 1. The summed E-state index contributed by atoms with van der Waals surface area (Å²) in [6, 6.07) is 9.52. The van der Waals surface area contributed by atoms with E-state index in [2.05, 4.69) is 5.10 Å². The number of nitrogens with two attached hydrogens (primary N) is 1. The monoisotopic (exact) mass is 462 g/mol. The van der Waals surface area contributed by atoms with Gasteiger partial charge in [0.05, 0.1) is 27.8 Å². The summed E-state index contributed by atoms with van der Waals surface area (Å²) < 4.78 is 15.3. The molecule has 0 spiro atoms. The van der Waals surface area contributed by atoms with Gasteiger partial charge in [0.2, 0.25) is 11.8 Å². The number of carbonyl (C=O) groups excluding carboxylic acids is 2. The maximum Gasteiger partial charge on any atom is 0.244 e. The van der Waals surface area contributed by atoms with Crippen molar-refractivity contribution in [3.8, 4) is 5.69 Å². The van der Waals surface area contributed by atoms with Crippen LogP contribution in [-0.2, 0) is 16.0 Å². The topological polar surface area (TPSA) is 81.2 Å². The number of hydrogen-bond acceptors (Lipinski definition) is 3. The number of aryl methyl sites for hydroxylation is 1. The summed E-state index contributed by atoms with van der Waals surface area (Å²) in [7, 11) is 1.47. The van der Waals surface area contributed by atoms with Gasteiger partial charge < -0.3 is 10.6 Å². The molecule has 3 aromatic rings. The molecule has 1 unspecified atom stereocenters.